The van der Waals surface area contributed by atoms with Crippen molar-refractivity contribution in [3.63, 3.8) is 0 Å². The van der Waals surface area contributed by atoms with Gasteiger partial charge in [-0.15, -0.1) is 0 Å². The molecule has 7 nitrogen and oxygen atoms in total. The fraction of sp³-hybridized carbons (Fsp3) is 0.485. The third kappa shape index (κ3) is 5.51. The number of H-pyrrole nitrogens is 1. The number of hydrogen-bond acceptors (Lipinski definition) is 4. The van der Waals surface area contributed by atoms with Gasteiger partial charge in [0.1, 0.15) is 11.9 Å². The molecular weight excluding hydrogens is 500 g/mol. The van der Waals surface area contributed by atoms with Crippen molar-refractivity contribution in [2.45, 2.75) is 82.1 Å². The van der Waals surface area contributed by atoms with Crippen LogP contribution in [0.25, 0.3) is 11.1 Å². The third-order valence-electron chi connectivity index (χ3n) is 9.47. The van der Waals surface area contributed by atoms with E-state index in [0.717, 1.165) is 25.1 Å². The van der Waals surface area contributed by atoms with Gasteiger partial charge >= 0.3 is 6.09 Å². The maximum atomic E-state index is 12.8. The lowest BCUT2D eigenvalue weighted by Crippen LogP contribution is -2.50. The number of nitrogens with zero attached hydrogens (tertiary/aromatic N) is 1. The number of fused-ring (bicyclic) bond motifs is 3. The van der Waals surface area contributed by atoms with Gasteiger partial charge in [-0.05, 0) is 66.5 Å². The van der Waals surface area contributed by atoms with Gasteiger partial charge in [0, 0.05) is 29.8 Å². The van der Waals surface area contributed by atoms with Gasteiger partial charge in [0.2, 0.25) is 5.91 Å². The van der Waals surface area contributed by atoms with Gasteiger partial charge in [-0.1, -0.05) is 75.4 Å². The molecule has 0 radical (unpaired) electrons. The largest absolute Gasteiger partial charge is 0.453 e. The quantitative estimate of drug-likeness (QED) is 0.299. The van der Waals surface area contributed by atoms with Crippen molar-refractivity contribution in [2.75, 3.05) is 13.7 Å². The molecule has 0 spiro atoms. The molecule has 3 saturated carbocycles. The van der Waals surface area contributed by atoms with E-state index in [2.05, 4.69) is 81.9 Å². The Hall–Kier alpha value is -3.61. The molecule has 3 aliphatic rings. The van der Waals surface area contributed by atoms with E-state index in [-0.39, 0.29) is 28.6 Å². The predicted octanol–water partition coefficient (Wildman–Crippen LogP) is 6.22. The van der Waals surface area contributed by atoms with E-state index in [1.54, 1.807) is 0 Å². The van der Waals surface area contributed by atoms with Gasteiger partial charge in [-0.3, -0.25) is 4.79 Å². The number of aromatic amines is 1. The maximum absolute atomic E-state index is 12.8. The molecule has 2 bridgehead atoms. The Morgan fingerprint density at radius 3 is 2.10 bits per heavy atom. The van der Waals surface area contributed by atoms with Crippen LogP contribution in [-0.4, -0.2) is 41.7 Å². The van der Waals surface area contributed by atoms with Crippen LogP contribution in [0.15, 0.2) is 60.8 Å². The Bertz CT molecular complexity index is 1290. The number of hydrogen-bond donors (Lipinski definition) is 3. The molecule has 212 valence electrons. The van der Waals surface area contributed by atoms with Crippen molar-refractivity contribution < 1.29 is 14.3 Å². The summed E-state index contributed by atoms with van der Waals surface area (Å²) in [5.74, 6) is 0.639. The van der Waals surface area contributed by atoms with Crippen LogP contribution in [0.5, 0.6) is 0 Å². The number of ether oxygens (including phenoxy) is 1. The number of nitrogens with one attached hydrogen (secondary N) is 3. The first-order chi connectivity index (χ1) is 19.2. The van der Waals surface area contributed by atoms with Gasteiger partial charge in [0.05, 0.1) is 7.11 Å². The summed E-state index contributed by atoms with van der Waals surface area (Å²) in [5, 5.41) is 5.60. The average Bonchev–Trinajstić information content (AvgIpc) is 3.51. The molecule has 2 amide bonds. The minimum Gasteiger partial charge on any atom is -0.453 e. The zero-order valence-corrected chi connectivity index (χ0v) is 24.1. The number of carbonyl (C=O) groups is 2. The normalized spacial score (nSPS) is 23.4. The van der Waals surface area contributed by atoms with E-state index in [9.17, 15) is 9.59 Å². The molecule has 3 fully saturated rings. The van der Waals surface area contributed by atoms with Crippen molar-refractivity contribution in [2.24, 2.45) is 5.92 Å². The van der Waals surface area contributed by atoms with Gasteiger partial charge in [0.25, 0.3) is 0 Å². The number of rotatable bonds is 9. The highest BCUT2D eigenvalue weighted by Crippen LogP contribution is 2.58. The summed E-state index contributed by atoms with van der Waals surface area (Å²) in [6, 6.07) is 19.2. The first kappa shape index (κ1) is 27.9. The van der Waals surface area contributed by atoms with E-state index >= 15 is 0 Å². The fourth-order valence-corrected chi connectivity index (χ4v) is 6.71. The van der Waals surface area contributed by atoms with Crippen molar-refractivity contribution in [1.29, 1.82) is 0 Å². The zero-order valence-electron chi connectivity index (χ0n) is 24.1. The van der Waals surface area contributed by atoms with Gasteiger partial charge in [-0.25, -0.2) is 9.78 Å². The second-order valence-corrected chi connectivity index (χ2v) is 12.2. The second-order valence-electron chi connectivity index (χ2n) is 12.2. The summed E-state index contributed by atoms with van der Waals surface area (Å²) in [4.78, 5) is 32.8. The number of benzene rings is 2. The van der Waals surface area contributed by atoms with Crippen LogP contribution in [0.3, 0.4) is 0 Å². The van der Waals surface area contributed by atoms with Crippen molar-refractivity contribution in [3.8, 4) is 11.1 Å². The van der Waals surface area contributed by atoms with Crippen molar-refractivity contribution in [1.82, 2.24) is 20.6 Å². The highest BCUT2D eigenvalue weighted by molar-refractivity contribution is 5.85. The van der Waals surface area contributed by atoms with Gasteiger partial charge in [-0.2, -0.15) is 0 Å². The number of carbonyl (C=O) groups excluding carboxylic acids is 2. The summed E-state index contributed by atoms with van der Waals surface area (Å²) >= 11 is 0. The minimum absolute atomic E-state index is 0.0226. The maximum Gasteiger partial charge on any atom is 0.407 e. The van der Waals surface area contributed by atoms with Crippen LogP contribution in [0.1, 0.15) is 82.3 Å². The molecule has 0 saturated heterocycles. The lowest BCUT2D eigenvalue weighted by molar-refractivity contribution is -0.124. The Kier molecular flexibility index (Phi) is 8.02. The molecule has 3 N–H and O–H groups in total. The number of imidazole rings is 1. The topological polar surface area (TPSA) is 96.1 Å². The number of alkyl carbamates (subject to hydrolysis) is 1. The Balaban J connectivity index is 1.20. The molecule has 7 heteroatoms. The standard InChI is InChI=1S/C33H42N4O3/c1-22(2)28(37-31(39)40-4)30(38)35-20-23(3)29-34-21-27(36-29)33-17-14-32(15-18-33,16-19-33)26-12-10-25(11-13-26)24-8-6-5-7-9-24/h5-13,21-23,28H,14-20H2,1-4H3,(H,34,36)(H,35,38)(H,37,39)/t23-,28-,32?,33?/m0/s1. The van der Waals surface area contributed by atoms with Crippen LogP contribution in [0.2, 0.25) is 0 Å². The number of amides is 2. The van der Waals surface area contributed by atoms with E-state index < -0.39 is 12.1 Å². The summed E-state index contributed by atoms with van der Waals surface area (Å²) in [7, 11) is 1.29. The van der Waals surface area contributed by atoms with E-state index in [0.29, 0.717) is 6.54 Å². The van der Waals surface area contributed by atoms with Crippen LogP contribution in [0.4, 0.5) is 4.79 Å². The molecule has 2 atom stereocenters. The van der Waals surface area contributed by atoms with Crippen LogP contribution in [-0.2, 0) is 20.4 Å². The molecule has 3 aromatic rings. The first-order valence-electron chi connectivity index (χ1n) is 14.6. The summed E-state index contributed by atoms with van der Waals surface area (Å²) in [5.41, 5.74) is 5.70. The summed E-state index contributed by atoms with van der Waals surface area (Å²) in [6.07, 6.45) is 8.49. The molecule has 1 aromatic heterocycles. The highest BCUT2D eigenvalue weighted by Gasteiger charge is 2.50. The van der Waals surface area contributed by atoms with E-state index in [4.69, 9.17) is 4.98 Å². The molecule has 6 rings (SSSR count). The highest BCUT2D eigenvalue weighted by atomic mass is 16.5. The van der Waals surface area contributed by atoms with Gasteiger partial charge < -0.3 is 20.4 Å². The van der Waals surface area contributed by atoms with E-state index in [1.807, 2.05) is 20.0 Å². The second kappa shape index (κ2) is 11.5. The molecule has 40 heavy (non-hydrogen) atoms. The summed E-state index contributed by atoms with van der Waals surface area (Å²) < 4.78 is 4.67. The molecule has 1 heterocycles. The Labute approximate surface area is 237 Å². The Morgan fingerprint density at radius 2 is 1.50 bits per heavy atom. The summed E-state index contributed by atoms with van der Waals surface area (Å²) in [6.45, 7) is 6.28. The lowest BCUT2D eigenvalue weighted by atomic mass is 9.51. The molecule has 0 unspecified atom stereocenters. The zero-order chi connectivity index (χ0) is 28.3. The monoisotopic (exact) mass is 542 g/mol. The van der Waals surface area contributed by atoms with Crippen LogP contribution >= 0.6 is 0 Å². The molecule has 3 aliphatic carbocycles. The van der Waals surface area contributed by atoms with Crippen LogP contribution < -0.4 is 10.6 Å². The third-order valence-corrected chi connectivity index (χ3v) is 9.47. The van der Waals surface area contributed by atoms with Crippen LogP contribution in [0, 0.1) is 5.92 Å². The van der Waals surface area contributed by atoms with Crippen molar-refractivity contribution in [3.05, 3.63) is 77.9 Å². The van der Waals surface area contributed by atoms with E-state index in [1.165, 1.54) is 48.8 Å². The average molecular weight is 543 g/mol. The fourth-order valence-electron chi connectivity index (χ4n) is 6.71. The molecule has 0 aliphatic heterocycles. The SMILES string of the molecule is COC(=O)N[C@H](C(=O)NC[C@H](C)c1ncc(C23CCC(c4ccc(-c5ccccc5)cc4)(CC2)CC3)[nH]1)C(C)C. The number of aromatic nitrogens is 2. The predicted molar refractivity (Wildman–Crippen MR) is 157 cm³/mol. The first-order valence-corrected chi connectivity index (χ1v) is 14.6. The Morgan fingerprint density at radius 1 is 0.900 bits per heavy atom. The van der Waals surface area contributed by atoms with Crippen molar-refractivity contribution >= 4 is 12.0 Å². The minimum atomic E-state index is -0.648. The number of methoxy groups -OCH3 is 1. The lowest BCUT2D eigenvalue weighted by Gasteiger charge is -2.53. The molecular formula is C33H42N4O3. The van der Waals surface area contributed by atoms with Gasteiger partial charge in [0.15, 0.2) is 0 Å². The molecule has 2 aromatic carbocycles. The smallest absolute Gasteiger partial charge is 0.407 e.